The lowest BCUT2D eigenvalue weighted by atomic mass is 10.0. The normalized spacial score (nSPS) is 12.9. The van der Waals surface area contributed by atoms with E-state index >= 15 is 0 Å². The standard InChI is InChI=1S/C13H27N3.HI/c1-6-10-15-13(14-5)16-12(4)9-7-8-11(2)3;/h6,11-12H,1,7-10H2,2-5H3,(H2,14,15,16);1H. The van der Waals surface area contributed by atoms with Crippen molar-refractivity contribution in [3.05, 3.63) is 12.7 Å². The second-order valence-electron chi connectivity index (χ2n) is 4.61. The van der Waals surface area contributed by atoms with E-state index in [0.717, 1.165) is 18.4 Å². The summed E-state index contributed by atoms with van der Waals surface area (Å²) in [6, 6.07) is 0.467. The van der Waals surface area contributed by atoms with Crippen molar-refractivity contribution in [1.29, 1.82) is 0 Å². The maximum Gasteiger partial charge on any atom is 0.191 e. The summed E-state index contributed by atoms with van der Waals surface area (Å²) in [5, 5.41) is 6.54. The van der Waals surface area contributed by atoms with Crippen LogP contribution in [0.5, 0.6) is 0 Å². The van der Waals surface area contributed by atoms with E-state index in [0.29, 0.717) is 6.04 Å². The Balaban J connectivity index is 0. The topological polar surface area (TPSA) is 36.4 Å². The number of rotatable bonds is 7. The number of hydrogen-bond acceptors (Lipinski definition) is 1. The van der Waals surface area contributed by atoms with Crippen molar-refractivity contribution in [2.24, 2.45) is 10.9 Å². The van der Waals surface area contributed by atoms with Crippen molar-refractivity contribution in [2.75, 3.05) is 13.6 Å². The summed E-state index contributed by atoms with van der Waals surface area (Å²) < 4.78 is 0. The third-order valence-electron chi connectivity index (χ3n) is 2.44. The van der Waals surface area contributed by atoms with Gasteiger partial charge in [-0.1, -0.05) is 32.8 Å². The van der Waals surface area contributed by atoms with E-state index in [1.54, 1.807) is 7.05 Å². The van der Waals surface area contributed by atoms with E-state index in [1.165, 1.54) is 19.3 Å². The average molecular weight is 353 g/mol. The zero-order chi connectivity index (χ0) is 12.4. The van der Waals surface area contributed by atoms with Crippen LogP contribution in [-0.4, -0.2) is 25.6 Å². The first-order valence-electron chi connectivity index (χ1n) is 6.18. The van der Waals surface area contributed by atoms with Gasteiger partial charge in [-0.2, -0.15) is 0 Å². The van der Waals surface area contributed by atoms with Gasteiger partial charge in [0, 0.05) is 19.6 Å². The van der Waals surface area contributed by atoms with Crippen molar-refractivity contribution < 1.29 is 0 Å². The van der Waals surface area contributed by atoms with Crippen molar-refractivity contribution in [1.82, 2.24) is 10.6 Å². The van der Waals surface area contributed by atoms with Crippen molar-refractivity contribution >= 4 is 29.9 Å². The summed E-state index contributed by atoms with van der Waals surface area (Å²) in [7, 11) is 1.79. The smallest absolute Gasteiger partial charge is 0.191 e. The number of nitrogens with one attached hydrogen (secondary N) is 2. The maximum atomic E-state index is 4.16. The van der Waals surface area contributed by atoms with Crippen LogP contribution in [0.1, 0.15) is 40.0 Å². The zero-order valence-electron chi connectivity index (χ0n) is 11.6. The van der Waals surface area contributed by atoms with Crippen LogP contribution in [0, 0.1) is 5.92 Å². The number of aliphatic imine (C=N–C) groups is 1. The lowest BCUT2D eigenvalue weighted by molar-refractivity contribution is 0.492. The summed E-state index contributed by atoms with van der Waals surface area (Å²) in [6.45, 7) is 11.1. The lowest BCUT2D eigenvalue weighted by Crippen LogP contribution is -2.42. The molecule has 0 radical (unpaired) electrons. The van der Waals surface area contributed by atoms with Gasteiger partial charge in [0.2, 0.25) is 0 Å². The Morgan fingerprint density at radius 1 is 1.29 bits per heavy atom. The highest BCUT2D eigenvalue weighted by atomic mass is 127. The van der Waals surface area contributed by atoms with Gasteiger partial charge in [0.05, 0.1) is 0 Å². The van der Waals surface area contributed by atoms with E-state index in [4.69, 9.17) is 0 Å². The van der Waals surface area contributed by atoms with Gasteiger partial charge in [-0.3, -0.25) is 4.99 Å². The van der Waals surface area contributed by atoms with Gasteiger partial charge in [-0.15, -0.1) is 30.6 Å². The van der Waals surface area contributed by atoms with Crippen LogP contribution in [-0.2, 0) is 0 Å². The molecule has 0 rings (SSSR count). The van der Waals surface area contributed by atoms with Gasteiger partial charge in [0.25, 0.3) is 0 Å². The molecule has 0 aromatic heterocycles. The molecular weight excluding hydrogens is 325 g/mol. The third-order valence-corrected chi connectivity index (χ3v) is 2.44. The minimum atomic E-state index is 0. The molecule has 0 aliphatic carbocycles. The van der Waals surface area contributed by atoms with Crippen molar-refractivity contribution in [2.45, 2.75) is 46.1 Å². The molecule has 4 heteroatoms. The van der Waals surface area contributed by atoms with E-state index in [9.17, 15) is 0 Å². The van der Waals surface area contributed by atoms with Crippen molar-refractivity contribution in [3.8, 4) is 0 Å². The molecule has 1 atom stereocenters. The lowest BCUT2D eigenvalue weighted by Gasteiger charge is -2.17. The second kappa shape index (κ2) is 12.2. The monoisotopic (exact) mass is 353 g/mol. The first-order chi connectivity index (χ1) is 7.60. The predicted molar refractivity (Wildman–Crippen MR) is 88.3 cm³/mol. The molecule has 3 nitrogen and oxygen atoms in total. The molecule has 17 heavy (non-hydrogen) atoms. The molecule has 0 aromatic carbocycles. The first-order valence-corrected chi connectivity index (χ1v) is 6.18. The van der Waals surface area contributed by atoms with Crippen LogP contribution < -0.4 is 10.6 Å². The highest BCUT2D eigenvalue weighted by Crippen LogP contribution is 2.07. The van der Waals surface area contributed by atoms with E-state index < -0.39 is 0 Å². The molecule has 1 unspecified atom stereocenters. The number of hydrogen-bond donors (Lipinski definition) is 2. The van der Waals surface area contributed by atoms with Gasteiger partial charge >= 0.3 is 0 Å². The van der Waals surface area contributed by atoms with E-state index in [-0.39, 0.29) is 24.0 Å². The molecule has 0 aromatic rings. The van der Waals surface area contributed by atoms with Gasteiger partial charge < -0.3 is 10.6 Å². The fourth-order valence-corrected chi connectivity index (χ4v) is 1.50. The number of guanidine groups is 1. The Labute approximate surface area is 124 Å². The Morgan fingerprint density at radius 3 is 2.41 bits per heavy atom. The summed E-state index contributed by atoms with van der Waals surface area (Å²) in [5.74, 6) is 1.65. The van der Waals surface area contributed by atoms with Crippen LogP contribution in [0.15, 0.2) is 17.6 Å². The minimum Gasteiger partial charge on any atom is -0.354 e. The summed E-state index contributed by atoms with van der Waals surface area (Å²) in [6.07, 6.45) is 5.58. The fraction of sp³-hybridized carbons (Fsp3) is 0.769. The van der Waals surface area contributed by atoms with Gasteiger partial charge in [-0.25, -0.2) is 0 Å². The van der Waals surface area contributed by atoms with E-state index in [2.05, 4.69) is 43.0 Å². The second-order valence-corrected chi connectivity index (χ2v) is 4.61. The summed E-state index contributed by atoms with van der Waals surface area (Å²) in [5.41, 5.74) is 0. The SMILES string of the molecule is C=CCNC(=NC)NC(C)CCCC(C)C.I. The molecule has 0 bridgehead atoms. The number of nitrogens with zero attached hydrogens (tertiary/aromatic N) is 1. The molecule has 0 fully saturated rings. The van der Waals surface area contributed by atoms with Crippen LogP contribution in [0.4, 0.5) is 0 Å². The van der Waals surface area contributed by atoms with Crippen LogP contribution >= 0.6 is 24.0 Å². The molecule has 2 N–H and O–H groups in total. The Hall–Kier alpha value is -0.260. The minimum absolute atomic E-state index is 0. The van der Waals surface area contributed by atoms with Gasteiger partial charge in [0.1, 0.15) is 0 Å². The summed E-state index contributed by atoms with van der Waals surface area (Å²) >= 11 is 0. The highest BCUT2D eigenvalue weighted by molar-refractivity contribution is 14.0. The van der Waals surface area contributed by atoms with Crippen LogP contribution in [0.2, 0.25) is 0 Å². The van der Waals surface area contributed by atoms with Gasteiger partial charge in [0.15, 0.2) is 5.96 Å². The Bertz CT molecular complexity index is 215. The molecule has 0 amide bonds. The first kappa shape index (κ1) is 19.1. The Kier molecular flexibility index (Phi) is 13.7. The zero-order valence-corrected chi connectivity index (χ0v) is 14.0. The largest absolute Gasteiger partial charge is 0.354 e. The molecule has 0 aliphatic heterocycles. The molecule has 0 heterocycles. The molecule has 0 aliphatic rings. The highest BCUT2D eigenvalue weighted by Gasteiger charge is 2.04. The molecule has 102 valence electrons. The average Bonchev–Trinajstić information content (AvgIpc) is 2.23. The molecule has 0 spiro atoms. The van der Waals surface area contributed by atoms with Gasteiger partial charge in [-0.05, 0) is 19.3 Å². The molecule has 0 saturated heterocycles. The summed E-state index contributed by atoms with van der Waals surface area (Å²) in [4.78, 5) is 4.16. The van der Waals surface area contributed by atoms with Crippen molar-refractivity contribution in [3.63, 3.8) is 0 Å². The maximum absolute atomic E-state index is 4.16. The van der Waals surface area contributed by atoms with Crippen LogP contribution in [0.25, 0.3) is 0 Å². The molecule has 0 saturated carbocycles. The molecular formula is C13H28IN3. The Morgan fingerprint density at radius 2 is 1.94 bits per heavy atom. The fourth-order valence-electron chi connectivity index (χ4n) is 1.50. The quantitative estimate of drug-likeness (QED) is 0.319. The van der Waals surface area contributed by atoms with E-state index in [1.807, 2.05) is 6.08 Å². The third kappa shape index (κ3) is 12.0. The number of halogens is 1. The van der Waals surface area contributed by atoms with Crippen LogP contribution in [0.3, 0.4) is 0 Å². The predicted octanol–water partition coefficient (Wildman–Crippen LogP) is 3.17.